The van der Waals surface area contributed by atoms with E-state index in [-0.39, 0.29) is 17.8 Å². The average Bonchev–Trinajstić information content (AvgIpc) is 2.98. The van der Waals surface area contributed by atoms with Gasteiger partial charge in [-0.15, -0.1) is 0 Å². The lowest BCUT2D eigenvalue weighted by Gasteiger charge is -2.44. The minimum Gasteiger partial charge on any atom is -0.348 e. The van der Waals surface area contributed by atoms with E-state index in [0.717, 1.165) is 25.5 Å². The van der Waals surface area contributed by atoms with Gasteiger partial charge in [0.2, 0.25) is 0 Å². The van der Waals surface area contributed by atoms with E-state index in [1.807, 2.05) is 6.20 Å². The molecule has 1 aromatic rings. The zero-order valence-electron chi connectivity index (χ0n) is 12.7. The number of aromatic nitrogens is 2. The van der Waals surface area contributed by atoms with Gasteiger partial charge in [0.25, 0.3) is 0 Å². The normalized spacial score (nSPS) is 29.9. The molecule has 3 heterocycles. The first kappa shape index (κ1) is 15.0. The summed E-state index contributed by atoms with van der Waals surface area (Å²) in [6, 6.07) is 0.244. The van der Waals surface area contributed by atoms with Gasteiger partial charge in [0.1, 0.15) is 5.82 Å². The summed E-state index contributed by atoms with van der Waals surface area (Å²) in [6.45, 7) is 7.91. The topological polar surface area (TPSA) is 69.3 Å². The number of nitrogens with zero attached hydrogens (tertiary/aromatic N) is 3. The lowest BCUT2D eigenvalue weighted by Crippen LogP contribution is -2.59. The number of piperazine rings is 1. The third-order valence-corrected chi connectivity index (χ3v) is 6.11. The second kappa shape index (κ2) is 5.70. The summed E-state index contributed by atoms with van der Waals surface area (Å²) in [6.07, 6.45) is 3.56. The van der Waals surface area contributed by atoms with Crippen molar-refractivity contribution in [2.45, 2.75) is 32.5 Å². The van der Waals surface area contributed by atoms with Gasteiger partial charge in [-0.05, 0) is 5.92 Å². The molecule has 0 saturated carbocycles. The fourth-order valence-electron chi connectivity index (χ4n) is 3.57. The third kappa shape index (κ3) is 3.30. The molecule has 0 amide bonds. The molecule has 2 fully saturated rings. The summed E-state index contributed by atoms with van der Waals surface area (Å²) >= 11 is 0. The van der Waals surface area contributed by atoms with Crippen LogP contribution in [0.5, 0.6) is 0 Å². The van der Waals surface area contributed by atoms with Crippen LogP contribution >= 0.6 is 0 Å². The fourth-order valence-corrected chi connectivity index (χ4v) is 5.61. The predicted octanol–water partition coefficient (Wildman–Crippen LogP) is 0.349. The molecular formula is C14H24N4O2S. The van der Waals surface area contributed by atoms with E-state index in [9.17, 15) is 8.42 Å². The van der Waals surface area contributed by atoms with Crippen LogP contribution in [-0.2, 0) is 16.4 Å². The molecule has 2 saturated heterocycles. The second-order valence-electron chi connectivity index (χ2n) is 6.61. The summed E-state index contributed by atoms with van der Waals surface area (Å²) in [5.74, 6) is 2.06. The Morgan fingerprint density at radius 1 is 1.29 bits per heavy atom. The number of aromatic amines is 1. The predicted molar refractivity (Wildman–Crippen MR) is 81.6 cm³/mol. The van der Waals surface area contributed by atoms with Crippen molar-refractivity contribution < 1.29 is 8.42 Å². The van der Waals surface area contributed by atoms with Crippen molar-refractivity contribution in [3.05, 3.63) is 18.2 Å². The van der Waals surface area contributed by atoms with Crippen LogP contribution in [0.1, 0.15) is 19.7 Å². The molecule has 0 bridgehead atoms. The summed E-state index contributed by atoms with van der Waals surface area (Å²) in [5.41, 5.74) is 0. The van der Waals surface area contributed by atoms with E-state index in [2.05, 4.69) is 33.6 Å². The molecule has 3 rings (SSSR count). The zero-order valence-corrected chi connectivity index (χ0v) is 13.5. The third-order valence-electron chi connectivity index (χ3n) is 4.41. The van der Waals surface area contributed by atoms with Gasteiger partial charge in [-0.3, -0.25) is 9.80 Å². The molecule has 2 aliphatic heterocycles. The Balaban J connectivity index is 1.77. The van der Waals surface area contributed by atoms with Crippen LogP contribution in [0.3, 0.4) is 0 Å². The second-order valence-corrected chi connectivity index (χ2v) is 8.76. The Morgan fingerprint density at radius 3 is 2.57 bits per heavy atom. The summed E-state index contributed by atoms with van der Waals surface area (Å²) < 4.78 is 24.2. The molecule has 6 nitrogen and oxygen atoms in total. The molecule has 21 heavy (non-hydrogen) atoms. The Hall–Kier alpha value is -0.920. The van der Waals surface area contributed by atoms with Gasteiger partial charge >= 0.3 is 0 Å². The highest BCUT2D eigenvalue weighted by Gasteiger charge is 2.46. The molecule has 118 valence electrons. The molecule has 1 aromatic heterocycles. The summed E-state index contributed by atoms with van der Waals surface area (Å²) in [5, 5.41) is 0. The maximum Gasteiger partial charge on any atom is 0.153 e. The first-order valence-corrected chi connectivity index (χ1v) is 9.43. The molecule has 2 aliphatic rings. The standard InChI is InChI=1S/C14H24N4O2S/c1-11(2)7-17-5-6-18(8-14-15-3-4-16-14)13-10-21(19,20)9-12(13)17/h3-4,11-13H,5-10H2,1-2H3,(H,15,16)/t12-,13+/m1/s1. The number of nitrogens with one attached hydrogen (secondary N) is 1. The van der Waals surface area contributed by atoms with Crippen molar-refractivity contribution in [2.24, 2.45) is 5.92 Å². The number of hydrogen-bond acceptors (Lipinski definition) is 5. The van der Waals surface area contributed by atoms with Crippen LogP contribution < -0.4 is 0 Å². The molecule has 0 radical (unpaired) electrons. The van der Waals surface area contributed by atoms with Crippen molar-refractivity contribution in [1.82, 2.24) is 19.8 Å². The molecular weight excluding hydrogens is 288 g/mol. The minimum atomic E-state index is -2.92. The van der Waals surface area contributed by atoms with E-state index < -0.39 is 9.84 Å². The minimum absolute atomic E-state index is 0.104. The maximum atomic E-state index is 12.1. The number of fused-ring (bicyclic) bond motifs is 1. The number of hydrogen-bond donors (Lipinski definition) is 1. The van der Waals surface area contributed by atoms with Gasteiger partial charge < -0.3 is 4.98 Å². The van der Waals surface area contributed by atoms with Gasteiger partial charge in [0.15, 0.2) is 9.84 Å². The monoisotopic (exact) mass is 312 g/mol. The van der Waals surface area contributed by atoms with E-state index in [1.54, 1.807) is 6.20 Å². The zero-order chi connectivity index (χ0) is 15.0. The SMILES string of the molecule is CC(C)CN1CCN(Cc2ncc[nH]2)[C@H]2CS(=O)(=O)C[C@H]21. The molecule has 7 heteroatoms. The van der Waals surface area contributed by atoms with Crippen LogP contribution in [0.4, 0.5) is 0 Å². The molecule has 2 atom stereocenters. The lowest BCUT2D eigenvalue weighted by molar-refractivity contribution is 0.0324. The van der Waals surface area contributed by atoms with E-state index in [1.165, 1.54) is 0 Å². The molecule has 0 unspecified atom stereocenters. The van der Waals surface area contributed by atoms with E-state index in [4.69, 9.17) is 0 Å². The van der Waals surface area contributed by atoms with Crippen LogP contribution in [0, 0.1) is 5.92 Å². The fraction of sp³-hybridized carbons (Fsp3) is 0.786. The van der Waals surface area contributed by atoms with Gasteiger partial charge in [0, 0.05) is 44.1 Å². The molecule has 0 spiro atoms. The number of sulfone groups is 1. The molecule has 1 N–H and O–H groups in total. The first-order chi connectivity index (χ1) is 9.94. The number of imidazole rings is 1. The van der Waals surface area contributed by atoms with Gasteiger partial charge in [-0.25, -0.2) is 13.4 Å². The van der Waals surface area contributed by atoms with Crippen LogP contribution in [-0.4, -0.2) is 71.4 Å². The quantitative estimate of drug-likeness (QED) is 0.869. The van der Waals surface area contributed by atoms with Crippen molar-refractivity contribution in [3.8, 4) is 0 Å². The first-order valence-electron chi connectivity index (χ1n) is 7.61. The van der Waals surface area contributed by atoms with Crippen molar-refractivity contribution in [1.29, 1.82) is 0 Å². The Labute approximate surface area is 126 Å². The van der Waals surface area contributed by atoms with Crippen LogP contribution in [0.15, 0.2) is 12.4 Å². The van der Waals surface area contributed by atoms with Crippen LogP contribution in [0.2, 0.25) is 0 Å². The van der Waals surface area contributed by atoms with Gasteiger partial charge in [0.05, 0.1) is 18.1 Å². The van der Waals surface area contributed by atoms with Gasteiger partial charge in [-0.2, -0.15) is 0 Å². The summed E-state index contributed by atoms with van der Waals surface area (Å²) in [7, 11) is -2.92. The lowest BCUT2D eigenvalue weighted by atomic mass is 10.0. The Kier molecular flexibility index (Phi) is 4.07. The maximum absolute atomic E-state index is 12.1. The van der Waals surface area contributed by atoms with Crippen molar-refractivity contribution >= 4 is 9.84 Å². The highest BCUT2D eigenvalue weighted by molar-refractivity contribution is 7.91. The Morgan fingerprint density at radius 2 is 1.95 bits per heavy atom. The smallest absolute Gasteiger partial charge is 0.153 e. The highest BCUT2D eigenvalue weighted by Crippen LogP contribution is 2.28. The van der Waals surface area contributed by atoms with Crippen molar-refractivity contribution in [3.63, 3.8) is 0 Å². The number of H-pyrrole nitrogens is 1. The van der Waals surface area contributed by atoms with Gasteiger partial charge in [-0.1, -0.05) is 13.8 Å². The average molecular weight is 312 g/mol. The molecule has 0 aromatic carbocycles. The Bertz CT molecular complexity index is 570. The van der Waals surface area contributed by atoms with E-state index >= 15 is 0 Å². The number of rotatable bonds is 4. The van der Waals surface area contributed by atoms with Crippen LogP contribution in [0.25, 0.3) is 0 Å². The summed E-state index contributed by atoms with van der Waals surface area (Å²) in [4.78, 5) is 12.0. The largest absolute Gasteiger partial charge is 0.348 e. The molecule has 0 aliphatic carbocycles. The van der Waals surface area contributed by atoms with E-state index in [0.29, 0.717) is 18.2 Å². The highest BCUT2D eigenvalue weighted by atomic mass is 32.2. The van der Waals surface area contributed by atoms with Crippen molar-refractivity contribution in [2.75, 3.05) is 31.1 Å².